The maximum Gasteiger partial charge on any atom is 0.0950 e. The first kappa shape index (κ1) is 10.5. The number of nitriles is 1. The van der Waals surface area contributed by atoms with Gasteiger partial charge in [0.2, 0.25) is 0 Å². The Morgan fingerprint density at radius 1 is 1.00 bits per heavy atom. The smallest absolute Gasteiger partial charge is 0.0950 e. The van der Waals surface area contributed by atoms with Gasteiger partial charge in [-0.05, 0) is 20.8 Å². The molecule has 0 radical (unpaired) electrons. The van der Waals surface area contributed by atoms with Crippen molar-refractivity contribution in [3.05, 3.63) is 0 Å². The molecule has 0 aliphatic carbocycles. The van der Waals surface area contributed by atoms with Crippen molar-refractivity contribution >= 4 is 0 Å². The third-order valence-corrected chi connectivity index (χ3v) is 2.81. The molecule has 0 aromatic rings. The van der Waals surface area contributed by atoms with Crippen LogP contribution in [-0.2, 0) is 0 Å². The zero-order valence-electron chi connectivity index (χ0n) is 8.82. The van der Waals surface area contributed by atoms with Gasteiger partial charge in [0.05, 0.1) is 12.1 Å². The Morgan fingerprint density at radius 2 is 1.46 bits per heavy atom. The molecule has 1 aliphatic rings. The fourth-order valence-corrected chi connectivity index (χ4v) is 1.72. The Balaban J connectivity index is 2.35. The standard InChI is InChI=1S/C10H19N3/c1-9(2)12-4-6-13(7-5-12)10(3)8-11/h9-10H,4-7H2,1-3H3/t10-/m0/s1. The highest BCUT2D eigenvalue weighted by Crippen LogP contribution is 2.08. The van der Waals surface area contributed by atoms with Crippen molar-refractivity contribution < 1.29 is 0 Å². The first-order chi connectivity index (χ1) is 6.15. The summed E-state index contributed by atoms with van der Waals surface area (Å²) in [4.78, 5) is 4.71. The van der Waals surface area contributed by atoms with Gasteiger partial charge in [-0.25, -0.2) is 0 Å². The minimum Gasteiger partial charge on any atom is -0.298 e. The third kappa shape index (κ3) is 2.68. The Kier molecular flexibility index (Phi) is 3.71. The maximum absolute atomic E-state index is 8.76. The molecule has 0 amide bonds. The van der Waals surface area contributed by atoms with Crippen molar-refractivity contribution in [2.24, 2.45) is 0 Å². The van der Waals surface area contributed by atoms with E-state index in [1.165, 1.54) is 0 Å². The molecule has 1 fully saturated rings. The minimum atomic E-state index is 0.0781. The molecule has 1 rings (SSSR count). The Bertz CT molecular complexity index is 187. The summed E-state index contributed by atoms with van der Waals surface area (Å²) in [6.07, 6.45) is 0. The van der Waals surface area contributed by atoms with Gasteiger partial charge in [-0.15, -0.1) is 0 Å². The highest BCUT2D eigenvalue weighted by atomic mass is 15.3. The minimum absolute atomic E-state index is 0.0781. The van der Waals surface area contributed by atoms with Gasteiger partial charge in [-0.1, -0.05) is 0 Å². The summed E-state index contributed by atoms with van der Waals surface area (Å²) in [6.45, 7) is 10.7. The molecule has 1 saturated heterocycles. The lowest BCUT2D eigenvalue weighted by Gasteiger charge is -2.37. The second kappa shape index (κ2) is 4.59. The summed E-state index contributed by atoms with van der Waals surface area (Å²) in [5.74, 6) is 0. The van der Waals surface area contributed by atoms with E-state index in [1.54, 1.807) is 0 Å². The zero-order valence-corrected chi connectivity index (χ0v) is 8.82. The van der Waals surface area contributed by atoms with Crippen LogP contribution in [-0.4, -0.2) is 48.1 Å². The monoisotopic (exact) mass is 181 g/mol. The number of nitrogens with zero attached hydrogens (tertiary/aromatic N) is 3. The van der Waals surface area contributed by atoms with Gasteiger partial charge in [-0.2, -0.15) is 5.26 Å². The molecule has 0 unspecified atom stereocenters. The summed E-state index contributed by atoms with van der Waals surface area (Å²) < 4.78 is 0. The first-order valence-corrected chi connectivity index (χ1v) is 5.03. The molecule has 0 aromatic carbocycles. The van der Waals surface area contributed by atoms with Crippen molar-refractivity contribution in [1.82, 2.24) is 9.80 Å². The lowest BCUT2D eigenvalue weighted by molar-refractivity contribution is 0.0975. The maximum atomic E-state index is 8.76. The topological polar surface area (TPSA) is 30.3 Å². The molecule has 0 bridgehead atoms. The van der Waals surface area contributed by atoms with Crippen LogP contribution in [0.15, 0.2) is 0 Å². The zero-order chi connectivity index (χ0) is 9.84. The van der Waals surface area contributed by atoms with Gasteiger partial charge in [0, 0.05) is 32.2 Å². The largest absolute Gasteiger partial charge is 0.298 e. The molecule has 13 heavy (non-hydrogen) atoms. The van der Waals surface area contributed by atoms with Crippen molar-refractivity contribution in [3.63, 3.8) is 0 Å². The lowest BCUT2D eigenvalue weighted by atomic mass is 10.2. The molecule has 1 aliphatic heterocycles. The van der Waals surface area contributed by atoms with Crippen LogP contribution in [0.5, 0.6) is 0 Å². The Labute approximate surface area is 80.9 Å². The van der Waals surface area contributed by atoms with E-state index in [4.69, 9.17) is 5.26 Å². The fraction of sp³-hybridized carbons (Fsp3) is 0.900. The van der Waals surface area contributed by atoms with E-state index in [-0.39, 0.29) is 6.04 Å². The van der Waals surface area contributed by atoms with E-state index < -0.39 is 0 Å². The van der Waals surface area contributed by atoms with Crippen LogP contribution in [0, 0.1) is 11.3 Å². The van der Waals surface area contributed by atoms with Crippen molar-refractivity contribution in [3.8, 4) is 6.07 Å². The highest BCUT2D eigenvalue weighted by molar-refractivity contribution is 4.90. The van der Waals surface area contributed by atoms with Crippen LogP contribution < -0.4 is 0 Å². The fourth-order valence-electron chi connectivity index (χ4n) is 1.72. The SMILES string of the molecule is CC(C)N1CCN([C@@H](C)C#N)CC1. The molecule has 0 aromatic heterocycles. The van der Waals surface area contributed by atoms with E-state index in [1.807, 2.05) is 6.92 Å². The summed E-state index contributed by atoms with van der Waals surface area (Å²) in [6, 6.07) is 3.00. The summed E-state index contributed by atoms with van der Waals surface area (Å²) in [5.41, 5.74) is 0. The van der Waals surface area contributed by atoms with Crippen LogP contribution in [0.1, 0.15) is 20.8 Å². The van der Waals surface area contributed by atoms with Gasteiger partial charge in [0.1, 0.15) is 0 Å². The number of hydrogen-bond acceptors (Lipinski definition) is 3. The van der Waals surface area contributed by atoms with Gasteiger partial charge in [0.25, 0.3) is 0 Å². The average molecular weight is 181 g/mol. The quantitative estimate of drug-likeness (QED) is 0.634. The molecular formula is C10H19N3. The highest BCUT2D eigenvalue weighted by Gasteiger charge is 2.21. The second-order valence-corrected chi connectivity index (χ2v) is 3.97. The Hall–Kier alpha value is -0.590. The van der Waals surface area contributed by atoms with Gasteiger partial charge >= 0.3 is 0 Å². The third-order valence-electron chi connectivity index (χ3n) is 2.81. The second-order valence-electron chi connectivity index (χ2n) is 3.97. The molecule has 3 heteroatoms. The molecular weight excluding hydrogens is 162 g/mol. The normalized spacial score (nSPS) is 23.0. The van der Waals surface area contributed by atoms with E-state index in [0.717, 1.165) is 26.2 Å². The molecule has 0 spiro atoms. The molecule has 1 atom stereocenters. The molecule has 1 heterocycles. The lowest BCUT2D eigenvalue weighted by Crippen LogP contribution is -2.51. The van der Waals surface area contributed by atoms with Crippen LogP contribution in [0.2, 0.25) is 0 Å². The summed E-state index contributed by atoms with van der Waals surface area (Å²) >= 11 is 0. The molecule has 3 nitrogen and oxygen atoms in total. The van der Waals surface area contributed by atoms with Crippen LogP contribution in [0.25, 0.3) is 0 Å². The van der Waals surface area contributed by atoms with Gasteiger partial charge in [-0.3, -0.25) is 9.80 Å². The average Bonchev–Trinajstić information content (AvgIpc) is 2.17. The predicted molar refractivity (Wildman–Crippen MR) is 53.4 cm³/mol. The van der Waals surface area contributed by atoms with Crippen molar-refractivity contribution in [2.45, 2.75) is 32.9 Å². The van der Waals surface area contributed by atoms with E-state index in [9.17, 15) is 0 Å². The van der Waals surface area contributed by atoms with Crippen LogP contribution in [0.4, 0.5) is 0 Å². The Morgan fingerprint density at radius 3 is 1.85 bits per heavy atom. The predicted octanol–water partition coefficient (Wildman–Crippen LogP) is 0.924. The van der Waals surface area contributed by atoms with Crippen LogP contribution in [0.3, 0.4) is 0 Å². The van der Waals surface area contributed by atoms with Crippen LogP contribution >= 0.6 is 0 Å². The first-order valence-electron chi connectivity index (χ1n) is 5.03. The number of rotatable bonds is 2. The van der Waals surface area contributed by atoms with E-state index in [0.29, 0.717) is 6.04 Å². The van der Waals surface area contributed by atoms with E-state index in [2.05, 4.69) is 29.7 Å². The van der Waals surface area contributed by atoms with Gasteiger partial charge in [0.15, 0.2) is 0 Å². The van der Waals surface area contributed by atoms with Crippen molar-refractivity contribution in [1.29, 1.82) is 5.26 Å². The molecule has 0 saturated carbocycles. The summed E-state index contributed by atoms with van der Waals surface area (Å²) in [5, 5.41) is 8.76. The number of piperazine rings is 1. The van der Waals surface area contributed by atoms with E-state index >= 15 is 0 Å². The molecule has 74 valence electrons. The summed E-state index contributed by atoms with van der Waals surface area (Å²) in [7, 11) is 0. The number of hydrogen-bond donors (Lipinski definition) is 0. The van der Waals surface area contributed by atoms with Gasteiger partial charge < -0.3 is 0 Å². The molecule has 0 N–H and O–H groups in total. The van der Waals surface area contributed by atoms with Crippen molar-refractivity contribution in [2.75, 3.05) is 26.2 Å².